The number of carbonyl (C=O) groups excluding carboxylic acids is 4. The summed E-state index contributed by atoms with van der Waals surface area (Å²) < 4.78 is 11.0. The molecule has 1 amide bonds. The monoisotopic (exact) mass is 358 g/mol. The predicted molar refractivity (Wildman–Crippen MR) is 92.1 cm³/mol. The standard InChI is InChI=1S/C18H18N2O6/c1-11(21)13-8-15(20(2)9-13)18(24)26-10-16(22)19-14-6-4-12(5-7-14)17(23)25-3/h4-9H,10H2,1-3H3,(H,19,22). The fourth-order valence-electron chi connectivity index (χ4n) is 2.17. The minimum atomic E-state index is -0.712. The number of carbonyl (C=O) groups is 4. The Kier molecular flexibility index (Phi) is 5.90. The van der Waals surface area contributed by atoms with Crippen LogP contribution in [0.2, 0.25) is 0 Å². The molecule has 26 heavy (non-hydrogen) atoms. The fourth-order valence-corrected chi connectivity index (χ4v) is 2.17. The highest BCUT2D eigenvalue weighted by Crippen LogP contribution is 2.11. The van der Waals surface area contributed by atoms with Gasteiger partial charge in [-0.3, -0.25) is 9.59 Å². The summed E-state index contributed by atoms with van der Waals surface area (Å²) in [4.78, 5) is 46.6. The molecule has 8 heteroatoms. The van der Waals surface area contributed by atoms with Crippen molar-refractivity contribution in [2.24, 2.45) is 7.05 Å². The summed E-state index contributed by atoms with van der Waals surface area (Å²) in [6.45, 7) is 0.904. The summed E-state index contributed by atoms with van der Waals surface area (Å²) in [7, 11) is 2.88. The number of methoxy groups -OCH3 is 1. The lowest BCUT2D eigenvalue weighted by molar-refractivity contribution is -0.119. The maximum atomic E-state index is 12.0. The van der Waals surface area contributed by atoms with Crippen LogP contribution in [0.4, 0.5) is 5.69 Å². The Balaban J connectivity index is 1.91. The van der Waals surface area contributed by atoms with Crippen molar-refractivity contribution >= 4 is 29.3 Å². The van der Waals surface area contributed by atoms with E-state index in [2.05, 4.69) is 10.1 Å². The Morgan fingerprint density at radius 1 is 1.04 bits per heavy atom. The molecule has 136 valence electrons. The first-order chi connectivity index (χ1) is 12.3. The van der Waals surface area contributed by atoms with E-state index < -0.39 is 24.5 Å². The average molecular weight is 358 g/mol. The zero-order chi connectivity index (χ0) is 19.3. The lowest BCUT2D eigenvalue weighted by Crippen LogP contribution is -2.21. The molecule has 0 unspecified atom stereocenters. The highest BCUT2D eigenvalue weighted by atomic mass is 16.5. The summed E-state index contributed by atoms with van der Waals surface area (Å²) in [5, 5.41) is 2.54. The smallest absolute Gasteiger partial charge is 0.355 e. The van der Waals surface area contributed by atoms with Crippen LogP contribution in [0, 0.1) is 0 Å². The van der Waals surface area contributed by atoms with Gasteiger partial charge < -0.3 is 19.4 Å². The summed E-state index contributed by atoms with van der Waals surface area (Å²) in [5.41, 5.74) is 1.35. The molecule has 1 N–H and O–H groups in total. The molecule has 0 saturated carbocycles. The maximum absolute atomic E-state index is 12.0. The molecule has 1 aromatic heterocycles. The van der Waals surface area contributed by atoms with Gasteiger partial charge in [0.05, 0.1) is 12.7 Å². The molecule has 0 radical (unpaired) electrons. The van der Waals surface area contributed by atoms with Crippen molar-refractivity contribution in [3.63, 3.8) is 0 Å². The number of nitrogens with one attached hydrogen (secondary N) is 1. The number of aromatic nitrogens is 1. The van der Waals surface area contributed by atoms with Crippen LogP contribution in [0.15, 0.2) is 36.5 Å². The molecule has 1 aromatic carbocycles. The number of Topliss-reactive ketones (excluding diaryl/α,β-unsaturated/α-hetero) is 1. The normalized spacial score (nSPS) is 10.1. The van der Waals surface area contributed by atoms with Crippen molar-refractivity contribution in [1.82, 2.24) is 4.57 Å². The first kappa shape index (κ1) is 18.9. The summed E-state index contributed by atoms with van der Waals surface area (Å²) in [5.74, 6) is -1.90. The SMILES string of the molecule is COC(=O)c1ccc(NC(=O)COC(=O)c2cc(C(C)=O)cn2C)cc1. The van der Waals surface area contributed by atoms with Gasteiger partial charge in [0.2, 0.25) is 0 Å². The highest BCUT2D eigenvalue weighted by molar-refractivity contribution is 5.99. The van der Waals surface area contributed by atoms with E-state index in [-0.39, 0.29) is 11.5 Å². The lowest BCUT2D eigenvalue weighted by Gasteiger charge is -2.07. The van der Waals surface area contributed by atoms with Crippen LogP contribution >= 0.6 is 0 Å². The number of benzene rings is 1. The van der Waals surface area contributed by atoms with Crippen molar-refractivity contribution in [2.45, 2.75) is 6.92 Å². The Bertz CT molecular complexity index is 851. The molecule has 0 bridgehead atoms. The summed E-state index contributed by atoms with van der Waals surface area (Å²) in [6.07, 6.45) is 1.52. The third-order valence-electron chi connectivity index (χ3n) is 3.54. The second-order valence-electron chi connectivity index (χ2n) is 5.47. The van der Waals surface area contributed by atoms with Crippen LogP contribution in [0.3, 0.4) is 0 Å². The van der Waals surface area contributed by atoms with Gasteiger partial charge in [-0.1, -0.05) is 0 Å². The summed E-state index contributed by atoms with van der Waals surface area (Å²) >= 11 is 0. The van der Waals surface area contributed by atoms with Crippen molar-refractivity contribution in [3.05, 3.63) is 53.3 Å². The van der Waals surface area contributed by atoms with Crippen molar-refractivity contribution in [1.29, 1.82) is 0 Å². The number of hydrogen-bond acceptors (Lipinski definition) is 6. The maximum Gasteiger partial charge on any atom is 0.355 e. The quantitative estimate of drug-likeness (QED) is 0.624. The Labute approximate surface area is 149 Å². The van der Waals surface area contributed by atoms with Crippen molar-refractivity contribution in [2.75, 3.05) is 19.0 Å². The molecule has 0 aliphatic heterocycles. The van der Waals surface area contributed by atoms with E-state index in [0.717, 1.165) is 0 Å². The summed E-state index contributed by atoms with van der Waals surface area (Å²) in [6, 6.07) is 7.47. The van der Waals surface area contributed by atoms with E-state index in [1.54, 1.807) is 7.05 Å². The molecule has 0 aliphatic carbocycles. The van der Waals surface area contributed by atoms with Gasteiger partial charge in [-0.2, -0.15) is 0 Å². The molecule has 0 atom stereocenters. The van der Waals surface area contributed by atoms with Crippen LogP contribution in [-0.4, -0.2) is 41.9 Å². The minimum Gasteiger partial charge on any atom is -0.465 e. The van der Waals surface area contributed by atoms with E-state index >= 15 is 0 Å². The van der Waals surface area contributed by atoms with E-state index in [9.17, 15) is 19.2 Å². The largest absolute Gasteiger partial charge is 0.465 e. The van der Waals surface area contributed by atoms with Crippen LogP contribution < -0.4 is 5.32 Å². The highest BCUT2D eigenvalue weighted by Gasteiger charge is 2.16. The van der Waals surface area contributed by atoms with Gasteiger partial charge in [0.25, 0.3) is 5.91 Å². The molecule has 8 nitrogen and oxygen atoms in total. The van der Waals surface area contributed by atoms with Crippen molar-refractivity contribution < 1.29 is 28.7 Å². The predicted octanol–water partition coefficient (Wildman–Crippen LogP) is 1.81. The number of hydrogen-bond donors (Lipinski definition) is 1. The molecule has 0 spiro atoms. The van der Waals surface area contributed by atoms with Crippen LogP contribution in [-0.2, 0) is 21.3 Å². The number of anilines is 1. The van der Waals surface area contributed by atoms with Gasteiger partial charge >= 0.3 is 11.9 Å². The fraction of sp³-hybridized carbons (Fsp3) is 0.222. The molecule has 2 aromatic rings. The zero-order valence-corrected chi connectivity index (χ0v) is 14.6. The van der Waals surface area contributed by atoms with Gasteiger partial charge in [0, 0.05) is 24.5 Å². The Morgan fingerprint density at radius 3 is 2.23 bits per heavy atom. The Hall–Kier alpha value is -3.42. The van der Waals surface area contributed by atoms with E-state index in [0.29, 0.717) is 16.8 Å². The third kappa shape index (κ3) is 4.56. The van der Waals surface area contributed by atoms with Crippen molar-refractivity contribution in [3.8, 4) is 0 Å². The van der Waals surface area contributed by atoms with Crippen LogP contribution in [0.25, 0.3) is 0 Å². The van der Waals surface area contributed by atoms with Crippen LogP contribution in [0.1, 0.15) is 38.1 Å². The average Bonchev–Trinajstić information content (AvgIpc) is 3.02. The number of nitrogens with zero attached hydrogens (tertiary/aromatic N) is 1. The minimum absolute atomic E-state index is 0.172. The molecule has 1 heterocycles. The van der Waals surface area contributed by atoms with Gasteiger partial charge in [0.1, 0.15) is 5.69 Å². The Morgan fingerprint density at radius 2 is 1.69 bits per heavy atom. The second-order valence-corrected chi connectivity index (χ2v) is 5.47. The number of ether oxygens (including phenoxy) is 2. The molecular formula is C18H18N2O6. The van der Waals surface area contributed by atoms with E-state index in [1.165, 1.54) is 55.1 Å². The van der Waals surface area contributed by atoms with E-state index in [4.69, 9.17) is 4.74 Å². The number of rotatable bonds is 6. The number of esters is 2. The first-order valence-corrected chi connectivity index (χ1v) is 7.64. The topological polar surface area (TPSA) is 104 Å². The molecule has 2 rings (SSSR count). The molecular weight excluding hydrogens is 340 g/mol. The third-order valence-corrected chi connectivity index (χ3v) is 3.54. The number of aryl methyl sites for hydroxylation is 1. The number of amides is 1. The molecule has 0 fully saturated rings. The van der Waals surface area contributed by atoms with E-state index in [1.807, 2.05) is 0 Å². The van der Waals surface area contributed by atoms with Gasteiger partial charge in [-0.15, -0.1) is 0 Å². The van der Waals surface area contributed by atoms with Gasteiger partial charge in [-0.05, 0) is 37.3 Å². The van der Waals surface area contributed by atoms with Crippen LogP contribution in [0.5, 0.6) is 0 Å². The molecule has 0 saturated heterocycles. The molecule has 0 aliphatic rings. The van der Waals surface area contributed by atoms with Gasteiger partial charge in [0.15, 0.2) is 12.4 Å². The zero-order valence-electron chi connectivity index (χ0n) is 14.6. The second kappa shape index (κ2) is 8.11. The first-order valence-electron chi connectivity index (χ1n) is 7.64. The number of ketones is 1. The van der Waals surface area contributed by atoms with Gasteiger partial charge in [-0.25, -0.2) is 9.59 Å². The lowest BCUT2D eigenvalue weighted by atomic mass is 10.2.